The number of aromatic amines is 2. The first kappa shape index (κ1) is 11.5. The van der Waals surface area contributed by atoms with Crippen molar-refractivity contribution in [3.63, 3.8) is 0 Å². The SMILES string of the molecule is CC1CC(NC(C)c2ccc3[nH]c(=O)[nH]c3c2)C1. The van der Waals surface area contributed by atoms with Gasteiger partial charge in [-0.05, 0) is 43.4 Å². The standard InChI is InChI=1S/C14H19N3O/c1-8-5-11(6-8)15-9(2)10-3-4-12-13(7-10)17-14(18)16-12/h3-4,7-9,11,15H,5-6H2,1-2H3,(H2,16,17,18). The first-order chi connectivity index (χ1) is 8.61. The summed E-state index contributed by atoms with van der Waals surface area (Å²) in [6.07, 6.45) is 2.54. The monoisotopic (exact) mass is 245 g/mol. The van der Waals surface area contributed by atoms with Gasteiger partial charge in [0, 0.05) is 12.1 Å². The van der Waals surface area contributed by atoms with E-state index in [2.05, 4.69) is 35.2 Å². The second-order valence-electron chi connectivity index (χ2n) is 5.55. The molecule has 1 atom stereocenters. The van der Waals surface area contributed by atoms with Crippen LogP contribution in [0.3, 0.4) is 0 Å². The number of imidazole rings is 1. The van der Waals surface area contributed by atoms with E-state index >= 15 is 0 Å². The van der Waals surface area contributed by atoms with Crippen molar-refractivity contribution < 1.29 is 0 Å². The first-order valence-electron chi connectivity index (χ1n) is 6.60. The van der Waals surface area contributed by atoms with Crippen molar-refractivity contribution in [2.75, 3.05) is 0 Å². The van der Waals surface area contributed by atoms with Crippen LogP contribution >= 0.6 is 0 Å². The zero-order chi connectivity index (χ0) is 12.7. The molecule has 0 amide bonds. The summed E-state index contributed by atoms with van der Waals surface area (Å²) in [5.74, 6) is 0.859. The van der Waals surface area contributed by atoms with Gasteiger partial charge in [0.15, 0.2) is 0 Å². The smallest absolute Gasteiger partial charge is 0.307 e. The number of rotatable bonds is 3. The van der Waals surface area contributed by atoms with E-state index in [1.165, 1.54) is 18.4 Å². The molecule has 1 heterocycles. The number of fused-ring (bicyclic) bond motifs is 1. The summed E-state index contributed by atoms with van der Waals surface area (Å²) in [4.78, 5) is 16.8. The van der Waals surface area contributed by atoms with Gasteiger partial charge in [0.05, 0.1) is 11.0 Å². The predicted octanol–water partition coefficient (Wildman–Crippen LogP) is 2.31. The topological polar surface area (TPSA) is 60.7 Å². The Bertz CT molecular complexity index is 607. The minimum Gasteiger partial charge on any atom is -0.307 e. The maximum Gasteiger partial charge on any atom is 0.323 e. The van der Waals surface area contributed by atoms with Crippen molar-refractivity contribution in [2.45, 2.75) is 38.8 Å². The van der Waals surface area contributed by atoms with Crippen molar-refractivity contribution in [2.24, 2.45) is 5.92 Å². The van der Waals surface area contributed by atoms with Gasteiger partial charge < -0.3 is 15.3 Å². The summed E-state index contributed by atoms with van der Waals surface area (Å²) in [5, 5.41) is 3.63. The molecule has 2 aromatic rings. The molecule has 1 aromatic heterocycles. The third kappa shape index (κ3) is 2.08. The molecular formula is C14H19N3O. The molecule has 1 aliphatic rings. The zero-order valence-electron chi connectivity index (χ0n) is 10.8. The lowest BCUT2D eigenvalue weighted by atomic mass is 9.81. The van der Waals surface area contributed by atoms with Crippen LogP contribution in [0.1, 0.15) is 38.3 Å². The lowest BCUT2D eigenvalue weighted by Crippen LogP contribution is -2.41. The third-order valence-electron chi connectivity index (χ3n) is 3.90. The average Bonchev–Trinajstić information content (AvgIpc) is 2.65. The highest BCUT2D eigenvalue weighted by molar-refractivity contribution is 5.75. The number of hydrogen-bond donors (Lipinski definition) is 3. The van der Waals surface area contributed by atoms with E-state index < -0.39 is 0 Å². The van der Waals surface area contributed by atoms with Crippen LogP contribution in [0, 0.1) is 5.92 Å². The zero-order valence-corrected chi connectivity index (χ0v) is 10.8. The highest BCUT2D eigenvalue weighted by Gasteiger charge is 2.26. The van der Waals surface area contributed by atoms with Crippen molar-refractivity contribution in [1.29, 1.82) is 0 Å². The van der Waals surface area contributed by atoms with E-state index in [1.807, 2.05) is 12.1 Å². The lowest BCUT2D eigenvalue weighted by Gasteiger charge is -2.35. The van der Waals surface area contributed by atoms with Crippen molar-refractivity contribution in [3.05, 3.63) is 34.2 Å². The molecular weight excluding hydrogens is 226 g/mol. The fraction of sp³-hybridized carbons (Fsp3) is 0.500. The van der Waals surface area contributed by atoms with Crippen LogP contribution in [0.15, 0.2) is 23.0 Å². The summed E-state index contributed by atoms with van der Waals surface area (Å²) in [6.45, 7) is 4.47. The van der Waals surface area contributed by atoms with Gasteiger partial charge in [0.2, 0.25) is 0 Å². The molecule has 3 rings (SSSR count). The summed E-state index contributed by atoms with van der Waals surface area (Å²) in [5.41, 5.74) is 2.83. The Kier molecular flexibility index (Phi) is 2.74. The van der Waals surface area contributed by atoms with Gasteiger partial charge in [0.1, 0.15) is 0 Å². The Labute approximate surface area is 106 Å². The maximum atomic E-state index is 11.2. The number of H-pyrrole nitrogens is 2. The highest BCUT2D eigenvalue weighted by atomic mass is 16.1. The molecule has 1 unspecified atom stereocenters. The number of aromatic nitrogens is 2. The number of benzene rings is 1. The van der Waals surface area contributed by atoms with Crippen molar-refractivity contribution in [3.8, 4) is 0 Å². The maximum absolute atomic E-state index is 11.2. The molecule has 0 aliphatic heterocycles. The van der Waals surface area contributed by atoms with Gasteiger partial charge in [-0.2, -0.15) is 0 Å². The molecule has 1 saturated carbocycles. The average molecular weight is 245 g/mol. The summed E-state index contributed by atoms with van der Waals surface area (Å²) < 4.78 is 0. The normalized spacial score (nSPS) is 25.0. The molecule has 1 aliphatic carbocycles. The highest BCUT2D eigenvalue weighted by Crippen LogP contribution is 2.29. The van der Waals surface area contributed by atoms with Crippen LogP contribution < -0.4 is 11.0 Å². The van der Waals surface area contributed by atoms with Crippen LogP contribution in [0.4, 0.5) is 0 Å². The Morgan fingerprint density at radius 3 is 2.72 bits per heavy atom. The lowest BCUT2D eigenvalue weighted by molar-refractivity contribution is 0.226. The van der Waals surface area contributed by atoms with E-state index in [1.54, 1.807) is 0 Å². The Morgan fingerprint density at radius 1 is 1.28 bits per heavy atom. The van der Waals surface area contributed by atoms with E-state index in [0.29, 0.717) is 12.1 Å². The van der Waals surface area contributed by atoms with Gasteiger partial charge >= 0.3 is 5.69 Å². The molecule has 4 heteroatoms. The molecule has 1 aromatic carbocycles. The van der Waals surface area contributed by atoms with Crippen LogP contribution in [-0.4, -0.2) is 16.0 Å². The second-order valence-corrected chi connectivity index (χ2v) is 5.55. The quantitative estimate of drug-likeness (QED) is 0.777. The van der Waals surface area contributed by atoms with Gasteiger partial charge in [-0.1, -0.05) is 13.0 Å². The molecule has 0 radical (unpaired) electrons. The summed E-state index contributed by atoms with van der Waals surface area (Å²) in [7, 11) is 0. The summed E-state index contributed by atoms with van der Waals surface area (Å²) in [6, 6.07) is 7.06. The fourth-order valence-electron chi connectivity index (χ4n) is 2.81. The molecule has 4 nitrogen and oxygen atoms in total. The second kappa shape index (κ2) is 4.28. The van der Waals surface area contributed by atoms with E-state index in [9.17, 15) is 4.79 Å². The first-order valence-corrected chi connectivity index (χ1v) is 6.60. The van der Waals surface area contributed by atoms with Crippen LogP contribution in [-0.2, 0) is 0 Å². The van der Waals surface area contributed by atoms with Crippen LogP contribution in [0.2, 0.25) is 0 Å². The molecule has 1 fully saturated rings. The third-order valence-corrected chi connectivity index (χ3v) is 3.90. The number of hydrogen-bond acceptors (Lipinski definition) is 2. The Hall–Kier alpha value is -1.55. The van der Waals surface area contributed by atoms with Crippen LogP contribution in [0.25, 0.3) is 11.0 Å². The Morgan fingerprint density at radius 2 is 2.00 bits per heavy atom. The Balaban J connectivity index is 1.78. The van der Waals surface area contributed by atoms with E-state index in [-0.39, 0.29) is 5.69 Å². The molecule has 0 spiro atoms. The summed E-state index contributed by atoms with van der Waals surface area (Å²) >= 11 is 0. The molecule has 3 N–H and O–H groups in total. The van der Waals surface area contributed by atoms with Gasteiger partial charge in [-0.3, -0.25) is 0 Å². The molecule has 0 saturated heterocycles. The van der Waals surface area contributed by atoms with Gasteiger partial charge in [-0.15, -0.1) is 0 Å². The van der Waals surface area contributed by atoms with E-state index in [4.69, 9.17) is 0 Å². The largest absolute Gasteiger partial charge is 0.323 e. The molecule has 96 valence electrons. The minimum atomic E-state index is -0.143. The number of nitrogens with one attached hydrogen (secondary N) is 3. The fourth-order valence-corrected chi connectivity index (χ4v) is 2.81. The van der Waals surface area contributed by atoms with Gasteiger partial charge in [0.25, 0.3) is 0 Å². The minimum absolute atomic E-state index is 0.143. The predicted molar refractivity (Wildman–Crippen MR) is 72.7 cm³/mol. The van der Waals surface area contributed by atoms with Crippen molar-refractivity contribution in [1.82, 2.24) is 15.3 Å². The molecule has 0 bridgehead atoms. The van der Waals surface area contributed by atoms with Crippen molar-refractivity contribution >= 4 is 11.0 Å². The molecule has 18 heavy (non-hydrogen) atoms. The van der Waals surface area contributed by atoms with Crippen LogP contribution in [0.5, 0.6) is 0 Å². The van der Waals surface area contributed by atoms with Gasteiger partial charge in [-0.25, -0.2) is 4.79 Å². The van der Waals surface area contributed by atoms with E-state index in [0.717, 1.165) is 17.0 Å².